The number of nitrogens with one attached hydrogen (secondary N) is 2. The van der Waals surface area contributed by atoms with E-state index < -0.39 is 11.2 Å². The number of hydrogen-bond donors (Lipinski definition) is 2. The third-order valence-corrected chi connectivity index (χ3v) is 4.91. The van der Waals surface area contributed by atoms with Crippen LogP contribution in [0.2, 0.25) is 0 Å². The lowest BCUT2D eigenvalue weighted by Gasteiger charge is -2.18. The zero-order valence-corrected chi connectivity index (χ0v) is 15.8. The topological polar surface area (TPSA) is 92.7 Å². The summed E-state index contributed by atoms with van der Waals surface area (Å²) >= 11 is 0. The van der Waals surface area contributed by atoms with Crippen molar-refractivity contribution >= 4 is 11.0 Å². The molecule has 4 rings (SSSR count). The van der Waals surface area contributed by atoms with Gasteiger partial charge in [0, 0.05) is 19.6 Å². The molecule has 0 saturated carbocycles. The molecule has 0 saturated heterocycles. The lowest BCUT2D eigenvalue weighted by Crippen LogP contribution is -2.30. The van der Waals surface area contributed by atoms with Gasteiger partial charge in [-0.3, -0.25) is 9.78 Å². The zero-order valence-electron chi connectivity index (χ0n) is 15.8. The molecule has 2 aromatic carbocycles. The summed E-state index contributed by atoms with van der Waals surface area (Å²) in [6.07, 6.45) is 0. The van der Waals surface area contributed by atoms with E-state index in [1.54, 1.807) is 0 Å². The summed E-state index contributed by atoms with van der Waals surface area (Å²) < 4.78 is 1.90. The zero-order chi connectivity index (χ0) is 19.7. The quantitative estimate of drug-likeness (QED) is 0.411. The van der Waals surface area contributed by atoms with Gasteiger partial charge >= 0.3 is 5.69 Å². The van der Waals surface area contributed by atoms with Crippen molar-refractivity contribution < 1.29 is 0 Å². The van der Waals surface area contributed by atoms with Crippen LogP contribution in [-0.4, -0.2) is 26.1 Å². The molecule has 0 aromatic heterocycles. The average Bonchev–Trinajstić information content (AvgIpc) is 2.67. The van der Waals surface area contributed by atoms with Crippen LogP contribution >= 0.6 is 0 Å². The molecule has 0 fully saturated rings. The van der Waals surface area contributed by atoms with Crippen molar-refractivity contribution in [2.45, 2.75) is 26.9 Å². The Morgan fingerprint density at radius 3 is 2.57 bits per heavy atom. The predicted molar refractivity (Wildman–Crippen MR) is 109 cm³/mol. The van der Waals surface area contributed by atoms with Crippen LogP contribution in [0.25, 0.3) is 22.6 Å². The lowest BCUT2D eigenvalue weighted by molar-refractivity contribution is 0.603. The maximum atomic E-state index is 12.3. The first-order valence-electron chi connectivity index (χ1n) is 9.19. The molecule has 142 valence electrons. The second-order valence-corrected chi connectivity index (χ2v) is 6.89. The minimum atomic E-state index is -0.659. The molecule has 2 aliphatic rings. The molecule has 2 heterocycles. The van der Waals surface area contributed by atoms with Gasteiger partial charge in [0.05, 0.1) is 11.0 Å². The largest absolute Gasteiger partial charge is 0.349 e. The van der Waals surface area contributed by atoms with Gasteiger partial charge in [0.15, 0.2) is 11.5 Å². The van der Waals surface area contributed by atoms with Gasteiger partial charge in [-0.05, 0) is 42.7 Å². The first-order chi connectivity index (χ1) is 13.5. The van der Waals surface area contributed by atoms with E-state index in [4.69, 9.17) is 0 Å². The maximum Gasteiger partial charge on any atom is 0.349 e. The normalized spacial score (nSPS) is 11.4. The molecule has 28 heavy (non-hydrogen) atoms. The van der Waals surface area contributed by atoms with Gasteiger partial charge in [-0.1, -0.05) is 30.3 Å². The molecule has 0 aliphatic carbocycles. The monoisotopic (exact) mass is 375 g/mol. The average molecular weight is 375 g/mol. The second-order valence-electron chi connectivity index (χ2n) is 6.89. The first-order valence-corrected chi connectivity index (χ1v) is 9.19. The van der Waals surface area contributed by atoms with Crippen molar-refractivity contribution in [3.63, 3.8) is 0 Å². The van der Waals surface area contributed by atoms with Gasteiger partial charge in [0.1, 0.15) is 0 Å². The molecule has 2 aliphatic heterocycles. The SMILES string of the molecule is Cc1cc2nc3c(=O)[nH]c(=O)nc-3n(CCNCc3ccccc3)c2cc1C. The smallest absolute Gasteiger partial charge is 0.321 e. The van der Waals surface area contributed by atoms with Crippen molar-refractivity contribution in [2.24, 2.45) is 0 Å². The number of aryl methyl sites for hydroxylation is 2. The molecular weight excluding hydrogens is 354 g/mol. The highest BCUT2D eigenvalue weighted by molar-refractivity contribution is 5.81. The van der Waals surface area contributed by atoms with E-state index in [-0.39, 0.29) is 5.69 Å². The molecule has 0 bridgehead atoms. The number of benzene rings is 2. The van der Waals surface area contributed by atoms with Crippen LogP contribution in [0.3, 0.4) is 0 Å². The second kappa shape index (κ2) is 7.36. The van der Waals surface area contributed by atoms with Gasteiger partial charge < -0.3 is 9.88 Å². The summed E-state index contributed by atoms with van der Waals surface area (Å²) in [6, 6.07) is 14.1. The van der Waals surface area contributed by atoms with E-state index in [0.29, 0.717) is 24.4 Å². The number of aromatic nitrogens is 4. The Balaban J connectivity index is 1.74. The van der Waals surface area contributed by atoms with E-state index in [2.05, 4.69) is 32.4 Å². The number of H-pyrrole nitrogens is 1. The molecule has 7 nitrogen and oxygen atoms in total. The fourth-order valence-corrected chi connectivity index (χ4v) is 3.30. The number of hydrogen-bond acceptors (Lipinski definition) is 5. The molecule has 0 radical (unpaired) electrons. The minimum Gasteiger partial charge on any atom is -0.321 e. The van der Waals surface area contributed by atoms with Gasteiger partial charge in [0.2, 0.25) is 0 Å². The van der Waals surface area contributed by atoms with Crippen LogP contribution in [0.1, 0.15) is 16.7 Å². The number of fused-ring (bicyclic) bond motifs is 2. The van der Waals surface area contributed by atoms with E-state index in [1.807, 2.05) is 48.7 Å². The molecule has 2 N–H and O–H groups in total. The Hall–Kier alpha value is -3.32. The van der Waals surface area contributed by atoms with E-state index in [9.17, 15) is 9.59 Å². The third kappa shape index (κ3) is 3.44. The number of nitrogens with zero attached hydrogens (tertiary/aromatic N) is 3. The van der Waals surface area contributed by atoms with Crippen LogP contribution in [0.15, 0.2) is 52.1 Å². The van der Waals surface area contributed by atoms with Crippen LogP contribution in [0.4, 0.5) is 0 Å². The Kier molecular flexibility index (Phi) is 4.75. The van der Waals surface area contributed by atoms with Gasteiger partial charge in [-0.25, -0.2) is 9.78 Å². The van der Waals surface area contributed by atoms with Crippen molar-refractivity contribution in [2.75, 3.05) is 6.54 Å². The third-order valence-electron chi connectivity index (χ3n) is 4.91. The Bertz CT molecular complexity index is 1230. The fourth-order valence-electron chi connectivity index (χ4n) is 3.30. The Labute approximate surface area is 161 Å². The standard InChI is InChI=1S/C21H21N5O2/c1-13-10-16-17(11-14(13)2)26(9-8-22-12-15-6-4-3-5-7-15)19-18(23-16)20(27)25-21(28)24-19/h3-7,10-11,22H,8-9,12H2,1-2H3,(H,25,27,28). The van der Waals surface area contributed by atoms with Gasteiger partial charge in [-0.2, -0.15) is 4.98 Å². The highest BCUT2D eigenvalue weighted by Crippen LogP contribution is 2.23. The van der Waals surface area contributed by atoms with E-state index in [0.717, 1.165) is 23.2 Å². The number of rotatable bonds is 5. The molecule has 0 amide bonds. The fraction of sp³-hybridized carbons (Fsp3) is 0.238. The van der Waals surface area contributed by atoms with Crippen molar-refractivity contribution in [1.82, 2.24) is 24.8 Å². The summed E-state index contributed by atoms with van der Waals surface area (Å²) in [5, 5.41) is 3.40. The van der Waals surface area contributed by atoms with Crippen molar-refractivity contribution in [1.29, 1.82) is 0 Å². The van der Waals surface area contributed by atoms with Crippen molar-refractivity contribution in [3.05, 3.63) is 80.0 Å². The Morgan fingerprint density at radius 1 is 1.04 bits per heavy atom. The lowest BCUT2D eigenvalue weighted by atomic mass is 10.1. The van der Waals surface area contributed by atoms with Crippen LogP contribution in [0.5, 0.6) is 0 Å². The summed E-state index contributed by atoms with van der Waals surface area (Å²) in [4.78, 5) is 34.8. The molecule has 0 unspecified atom stereocenters. The van der Waals surface area contributed by atoms with Crippen LogP contribution in [0, 0.1) is 13.8 Å². The molecule has 0 atom stereocenters. The molecule has 7 heteroatoms. The molecule has 2 aromatic rings. The predicted octanol–water partition coefficient (Wildman–Crippen LogP) is 1.99. The summed E-state index contributed by atoms with van der Waals surface area (Å²) in [7, 11) is 0. The number of aromatic amines is 1. The van der Waals surface area contributed by atoms with Gasteiger partial charge in [-0.15, -0.1) is 0 Å². The highest BCUT2D eigenvalue weighted by Gasteiger charge is 2.18. The molecular formula is C21H21N5O2. The Morgan fingerprint density at radius 2 is 1.79 bits per heavy atom. The summed E-state index contributed by atoms with van der Waals surface area (Å²) in [5.74, 6) is 0.311. The minimum absolute atomic E-state index is 0.179. The van der Waals surface area contributed by atoms with Crippen LogP contribution in [-0.2, 0) is 13.1 Å². The highest BCUT2D eigenvalue weighted by atomic mass is 16.2. The summed E-state index contributed by atoms with van der Waals surface area (Å²) in [5.41, 5.74) is 3.98. The van der Waals surface area contributed by atoms with Gasteiger partial charge in [0.25, 0.3) is 5.56 Å². The van der Waals surface area contributed by atoms with E-state index in [1.165, 1.54) is 5.56 Å². The molecule has 0 spiro atoms. The summed E-state index contributed by atoms with van der Waals surface area (Å²) in [6.45, 7) is 5.99. The maximum absolute atomic E-state index is 12.3. The first kappa shape index (κ1) is 18.1. The van der Waals surface area contributed by atoms with Crippen LogP contribution < -0.4 is 16.6 Å². The van der Waals surface area contributed by atoms with Crippen molar-refractivity contribution in [3.8, 4) is 11.5 Å². The van der Waals surface area contributed by atoms with E-state index >= 15 is 0 Å².